The van der Waals surface area contributed by atoms with E-state index in [1.165, 1.54) is 30.6 Å². The zero-order valence-electron chi connectivity index (χ0n) is 10.5. The SMILES string of the molecule is NC(=S)c1ccncc1Nc1ccccc1OC(F)(F)F. The Bertz CT molecular complexity index is 661. The van der Waals surface area contributed by atoms with E-state index in [1.54, 1.807) is 12.1 Å². The lowest BCUT2D eigenvalue weighted by Crippen LogP contribution is -2.18. The molecular formula is C13H10F3N3OS. The molecule has 0 aliphatic heterocycles. The number of rotatable bonds is 4. The summed E-state index contributed by atoms with van der Waals surface area (Å²) in [4.78, 5) is 3.99. The van der Waals surface area contributed by atoms with Gasteiger partial charge in [0.25, 0.3) is 0 Å². The van der Waals surface area contributed by atoms with Gasteiger partial charge in [0.15, 0.2) is 5.75 Å². The van der Waals surface area contributed by atoms with Gasteiger partial charge in [0.05, 0.1) is 17.6 Å². The van der Waals surface area contributed by atoms with Crippen molar-refractivity contribution >= 4 is 28.6 Å². The van der Waals surface area contributed by atoms with Crippen LogP contribution in [-0.4, -0.2) is 16.3 Å². The molecule has 0 unspecified atom stereocenters. The van der Waals surface area contributed by atoms with Crippen molar-refractivity contribution in [3.63, 3.8) is 0 Å². The highest BCUT2D eigenvalue weighted by Gasteiger charge is 2.32. The molecular weight excluding hydrogens is 303 g/mol. The van der Waals surface area contributed by atoms with Crippen LogP contribution in [-0.2, 0) is 0 Å². The molecule has 0 aliphatic rings. The molecule has 110 valence electrons. The molecule has 0 spiro atoms. The minimum atomic E-state index is -4.78. The third-order valence-electron chi connectivity index (χ3n) is 2.47. The molecule has 2 rings (SSSR count). The van der Waals surface area contributed by atoms with Crippen molar-refractivity contribution in [1.82, 2.24) is 4.98 Å². The highest BCUT2D eigenvalue weighted by molar-refractivity contribution is 7.80. The van der Waals surface area contributed by atoms with Gasteiger partial charge in [-0.05, 0) is 18.2 Å². The number of ether oxygens (including phenoxy) is 1. The first-order valence-electron chi connectivity index (χ1n) is 5.72. The van der Waals surface area contributed by atoms with Crippen molar-refractivity contribution in [1.29, 1.82) is 0 Å². The lowest BCUT2D eigenvalue weighted by atomic mass is 10.2. The Morgan fingerprint density at radius 2 is 1.90 bits per heavy atom. The number of hydrogen-bond acceptors (Lipinski definition) is 4. The van der Waals surface area contributed by atoms with E-state index in [9.17, 15) is 13.2 Å². The van der Waals surface area contributed by atoms with Crippen molar-refractivity contribution in [2.24, 2.45) is 5.73 Å². The maximum atomic E-state index is 12.4. The van der Waals surface area contributed by atoms with E-state index in [4.69, 9.17) is 18.0 Å². The zero-order valence-corrected chi connectivity index (χ0v) is 11.3. The number of anilines is 2. The van der Waals surface area contributed by atoms with Gasteiger partial charge in [0.2, 0.25) is 0 Å². The fraction of sp³-hybridized carbons (Fsp3) is 0.0769. The van der Waals surface area contributed by atoms with Crippen LogP contribution in [0, 0.1) is 0 Å². The number of thiocarbonyl (C=S) groups is 1. The van der Waals surface area contributed by atoms with Crippen LogP contribution in [0.5, 0.6) is 5.75 Å². The van der Waals surface area contributed by atoms with Crippen molar-refractivity contribution < 1.29 is 17.9 Å². The standard InChI is InChI=1S/C13H10F3N3OS/c14-13(15,16)20-11-4-2-1-3-9(11)19-10-7-18-6-5-8(10)12(17)21/h1-7,19H,(H2,17,21). The van der Waals surface area contributed by atoms with Crippen LogP contribution in [0.3, 0.4) is 0 Å². The molecule has 1 aromatic heterocycles. The van der Waals surface area contributed by atoms with Gasteiger partial charge in [0, 0.05) is 11.8 Å². The minimum absolute atomic E-state index is 0.106. The Balaban J connectivity index is 2.35. The Kier molecular flexibility index (Phi) is 4.27. The maximum absolute atomic E-state index is 12.4. The second-order valence-corrected chi connectivity index (χ2v) is 4.39. The third kappa shape index (κ3) is 4.06. The number of para-hydroxylation sites is 2. The molecule has 0 amide bonds. The quantitative estimate of drug-likeness (QED) is 0.848. The number of aromatic nitrogens is 1. The maximum Gasteiger partial charge on any atom is 0.573 e. The molecule has 0 atom stereocenters. The number of hydrogen-bond donors (Lipinski definition) is 2. The van der Waals surface area contributed by atoms with Crippen LogP contribution in [0.25, 0.3) is 0 Å². The van der Waals surface area contributed by atoms with E-state index in [2.05, 4.69) is 15.0 Å². The van der Waals surface area contributed by atoms with Gasteiger partial charge in [-0.15, -0.1) is 13.2 Å². The number of nitrogens with one attached hydrogen (secondary N) is 1. The lowest BCUT2D eigenvalue weighted by molar-refractivity contribution is -0.274. The second-order valence-electron chi connectivity index (χ2n) is 3.95. The summed E-state index contributed by atoms with van der Waals surface area (Å²) in [6, 6.07) is 7.22. The Morgan fingerprint density at radius 3 is 2.57 bits per heavy atom. The molecule has 0 fully saturated rings. The van der Waals surface area contributed by atoms with E-state index < -0.39 is 6.36 Å². The zero-order chi connectivity index (χ0) is 15.5. The van der Waals surface area contributed by atoms with E-state index in [0.29, 0.717) is 11.3 Å². The first-order chi connectivity index (χ1) is 9.87. The first kappa shape index (κ1) is 15.0. The first-order valence-corrected chi connectivity index (χ1v) is 6.13. The molecule has 0 radical (unpaired) electrons. The normalized spacial score (nSPS) is 11.0. The topological polar surface area (TPSA) is 60.2 Å². The van der Waals surface area contributed by atoms with Gasteiger partial charge in [-0.2, -0.15) is 0 Å². The van der Waals surface area contributed by atoms with Crippen LogP contribution in [0.4, 0.5) is 24.5 Å². The summed E-state index contributed by atoms with van der Waals surface area (Å²) in [7, 11) is 0. The molecule has 21 heavy (non-hydrogen) atoms. The van der Waals surface area contributed by atoms with E-state index in [-0.39, 0.29) is 16.4 Å². The summed E-state index contributed by atoms with van der Waals surface area (Å²) in [6.07, 6.45) is -1.88. The molecule has 0 aliphatic carbocycles. The van der Waals surface area contributed by atoms with Gasteiger partial charge in [-0.25, -0.2) is 0 Å². The molecule has 2 aromatic rings. The molecule has 0 saturated carbocycles. The van der Waals surface area contributed by atoms with Crippen molar-refractivity contribution in [3.8, 4) is 5.75 Å². The van der Waals surface area contributed by atoms with Crippen molar-refractivity contribution in [2.75, 3.05) is 5.32 Å². The highest BCUT2D eigenvalue weighted by atomic mass is 32.1. The number of alkyl halides is 3. The fourth-order valence-electron chi connectivity index (χ4n) is 1.64. The number of nitrogens with zero attached hydrogens (tertiary/aromatic N) is 1. The third-order valence-corrected chi connectivity index (χ3v) is 2.69. The van der Waals surface area contributed by atoms with Gasteiger partial charge in [0.1, 0.15) is 4.99 Å². The summed E-state index contributed by atoms with van der Waals surface area (Å²) in [5, 5.41) is 2.79. The predicted octanol–water partition coefficient (Wildman–Crippen LogP) is 3.36. The second kappa shape index (κ2) is 5.96. The molecule has 0 bridgehead atoms. The van der Waals surface area contributed by atoms with Crippen LogP contribution >= 0.6 is 12.2 Å². The fourth-order valence-corrected chi connectivity index (χ4v) is 1.82. The number of benzene rings is 1. The molecule has 1 aromatic carbocycles. The monoisotopic (exact) mass is 313 g/mol. The summed E-state index contributed by atoms with van der Waals surface area (Å²) >= 11 is 4.89. The van der Waals surface area contributed by atoms with E-state index in [0.717, 1.165) is 0 Å². The van der Waals surface area contributed by atoms with Crippen molar-refractivity contribution in [2.45, 2.75) is 6.36 Å². The van der Waals surface area contributed by atoms with Crippen LogP contribution in [0.2, 0.25) is 0 Å². The Labute approximate surface area is 123 Å². The van der Waals surface area contributed by atoms with Crippen LogP contribution in [0.1, 0.15) is 5.56 Å². The molecule has 0 saturated heterocycles. The van der Waals surface area contributed by atoms with E-state index >= 15 is 0 Å². The van der Waals surface area contributed by atoms with Gasteiger partial charge >= 0.3 is 6.36 Å². The van der Waals surface area contributed by atoms with Crippen molar-refractivity contribution in [3.05, 3.63) is 48.3 Å². The Hall–Kier alpha value is -2.35. The molecule has 1 heterocycles. The average Bonchev–Trinajstić information content (AvgIpc) is 2.40. The summed E-state index contributed by atoms with van der Waals surface area (Å²) in [6.45, 7) is 0. The lowest BCUT2D eigenvalue weighted by Gasteiger charge is -2.15. The van der Waals surface area contributed by atoms with Crippen LogP contribution in [0.15, 0.2) is 42.7 Å². The van der Waals surface area contributed by atoms with Crippen LogP contribution < -0.4 is 15.8 Å². The Morgan fingerprint density at radius 1 is 1.19 bits per heavy atom. The summed E-state index contributed by atoms with van der Waals surface area (Å²) < 4.78 is 41.1. The summed E-state index contributed by atoms with van der Waals surface area (Å²) in [5.41, 5.74) is 6.55. The highest BCUT2D eigenvalue weighted by Crippen LogP contribution is 2.32. The predicted molar refractivity (Wildman–Crippen MR) is 76.5 cm³/mol. The smallest absolute Gasteiger partial charge is 0.404 e. The van der Waals surface area contributed by atoms with E-state index in [1.807, 2.05) is 0 Å². The number of halogens is 3. The number of pyridine rings is 1. The van der Waals surface area contributed by atoms with Gasteiger partial charge in [-0.1, -0.05) is 24.4 Å². The molecule has 4 nitrogen and oxygen atoms in total. The van der Waals surface area contributed by atoms with Gasteiger partial charge in [-0.3, -0.25) is 4.98 Å². The minimum Gasteiger partial charge on any atom is -0.404 e. The van der Waals surface area contributed by atoms with Gasteiger partial charge < -0.3 is 15.8 Å². The number of nitrogens with two attached hydrogens (primary N) is 1. The summed E-state index contributed by atoms with van der Waals surface area (Å²) in [5.74, 6) is -0.359. The molecule has 3 N–H and O–H groups in total. The molecule has 8 heteroatoms. The largest absolute Gasteiger partial charge is 0.573 e. The average molecular weight is 313 g/mol.